The molecule has 1 amide bonds. The standard InChI is InChI=1S/C15H17N3O3/c1-18-6-5-10-3-4-12(7-11(10)9-18)16-15(19)13-8-14(20-2)17-21-13/h3-4,7-8H,5-6,9H2,1-2H3,(H,16,19). The largest absolute Gasteiger partial charge is 0.479 e. The van der Waals surface area contributed by atoms with Crippen LogP contribution in [0.3, 0.4) is 0 Å². The Balaban J connectivity index is 1.75. The molecule has 3 rings (SSSR count). The quantitative estimate of drug-likeness (QED) is 0.934. The van der Waals surface area contributed by atoms with Crippen molar-refractivity contribution in [2.24, 2.45) is 0 Å². The second kappa shape index (κ2) is 5.57. The van der Waals surface area contributed by atoms with Gasteiger partial charge in [-0.2, -0.15) is 0 Å². The second-order valence-corrected chi connectivity index (χ2v) is 5.16. The Morgan fingerprint density at radius 2 is 2.24 bits per heavy atom. The van der Waals surface area contributed by atoms with Gasteiger partial charge in [-0.3, -0.25) is 4.79 Å². The Morgan fingerprint density at radius 3 is 3.00 bits per heavy atom. The number of methoxy groups -OCH3 is 1. The van der Waals surface area contributed by atoms with E-state index >= 15 is 0 Å². The van der Waals surface area contributed by atoms with Gasteiger partial charge in [0.15, 0.2) is 0 Å². The van der Waals surface area contributed by atoms with Gasteiger partial charge in [0.05, 0.1) is 13.2 Å². The maximum Gasteiger partial charge on any atom is 0.294 e. The first kappa shape index (κ1) is 13.6. The minimum absolute atomic E-state index is 0.127. The van der Waals surface area contributed by atoms with Crippen molar-refractivity contribution in [2.75, 3.05) is 26.0 Å². The molecule has 0 atom stereocenters. The Hall–Kier alpha value is -2.34. The Morgan fingerprint density at radius 1 is 1.38 bits per heavy atom. The number of ether oxygens (including phenoxy) is 1. The summed E-state index contributed by atoms with van der Waals surface area (Å²) in [5, 5.41) is 6.43. The fourth-order valence-corrected chi connectivity index (χ4v) is 2.43. The van der Waals surface area contributed by atoms with Crippen molar-refractivity contribution in [1.82, 2.24) is 10.1 Å². The third-order valence-corrected chi connectivity index (χ3v) is 3.59. The first-order chi connectivity index (χ1) is 10.2. The van der Waals surface area contributed by atoms with Gasteiger partial charge in [-0.25, -0.2) is 0 Å². The lowest BCUT2D eigenvalue weighted by atomic mass is 9.99. The summed E-state index contributed by atoms with van der Waals surface area (Å²) in [7, 11) is 3.56. The van der Waals surface area contributed by atoms with Crippen LogP contribution in [0.1, 0.15) is 21.7 Å². The van der Waals surface area contributed by atoms with Gasteiger partial charge in [-0.05, 0) is 41.9 Å². The molecule has 1 aromatic heterocycles. The van der Waals surface area contributed by atoms with Gasteiger partial charge >= 0.3 is 0 Å². The Bertz CT molecular complexity index is 666. The van der Waals surface area contributed by atoms with Crippen molar-refractivity contribution in [1.29, 1.82) is 0 Å². The molecule has 1 aromatic carbocycles. The van der Waals surface area contributed by atoms with E-state index in [1.54, 1.807) is 0 Å². The fraction of sp³-hybridized carbons (Fsp3) is 0.333. The van der Waals surface area contributed by atoms with Crippen LogP contribution in [0.2, 0.25) is 0 Å². The highest BCUT2D eigenvalue weighted by Gasteiger charge is 2.16. The van der Waals surface area contributed by atoms with Crippen LogP contribution in [0.25, 0.3) is 0 Å². The number of benzene rings is 1. The summed E-state index contributed by atoms with van der Waals surface area (Å²) in [6.07, 6.45) is 1.04. The number of rotatable bonds is 3. The van der Waals surface area contributed by atoms with Crippen molar-refractivity contribution < 1.29 is 14.1 Å². The van der Waals surface area contributed by atoms with E-state index in [1.807, 2.05) is 12.1 Å². The number of hydrogen-bond acceptors (Lipinski definition) is 5. The number of nitrogens with one attached hydrogen (secondary N) is 1. The van der Waals surface area contributed by atoms with Crippen molar-refractivity contribution in [3.63, 3.8) is 0 Å². The lowest BCUT2D eigenvalue weighted by Crippen LogP contribution is -2.26. The van der Waals surface area contributed by atoms with Crippen LogP contribution in [0.15, 0.2) is 28.8 Å². The molecule has 0 bridgehead atoms. The highest BCUT2D eigenvalue weighted by molar-refractivity contribution is 6.02. The average molecular weight is 287 g/mol. The number of carbonyl (C=O) groups is 1. The van der Waals surface area contributed by atoms with Gasteiger partial charge in [0, 0.05) is 18.8 Å². The third-order valence-electron chi connectivity index (χ3n) is 3.59. The molecule has 6 nitrogen and oxygen atoms in total. The van der Waals surface area contributed by atoms with E-state index in [1.165, 1.54) is 24.3 Å². The SMILES string of the molecule is COc1cc(C(=O)Nc2ccc3c(c2)CN(C)CC3)on1. The maximum atomic E-state index is 12.1. The van der Waals surface area contributed by atoms with Crippen LogP contribution in [-0.4, -0.2) is 36.7 Å². The van der Waals surface area contributed by atoms with Gasteiger partial charge in [0.1, 0.15) is 0 Å². The van der Waals surface area contributed by atoms with Gasteiger partial charge in [-0.15, -0.1) is 0 Å². The molecule has 2 aromatic rings. The molecule has 0 radical (unpaired) electrons. The predicted octanol–water partition coefficient (Wildman–Crippen LogP) is 1.92. The van der Waals surface area contributed by atoms with E-state index in [-0.39, 0.29) is 17.5 Å². The number of nitrogens with zero attached hydrogens (tertiary/aromatic N) is 2. The number of anilines is 1. The molecule has 110 valence electrons. The lowest BCUT2D eigenvalue weighted by molar-refractivity contribution is 0.0987. The van der Waals surface area contributed by atoms with E-state index in [0.717, 1.165) is 25.2 Å². The highest BCUT2D eigenvalue weighted by atomic mass is 16.5. The Labute approximate surface area is 122 Å². The first-order valence-electron chi connectivity index (χ1n) is 6.78. The summed E-state index contributed by atoms with van der Waals surface area (Å²) in [4.78, 5) is 14.3. The number of likely N-dealkylation sites (N-methyl/N-ethyl adjacent to an activating group) is 1. The molecule has 0 fully saturated rings. The van der Waals surface area contributed by atoms with Crippen LogP contribution in [-0.2, 0) is 13.0 Å². The smallest absolute Gasteiger partial charge is 0.294 e. The molecule has 0 saturated carbocycles. The van der Waals surface area contributed by atoms with Crippen LogP contribution in [0.5, 0.6) is 5.88 Å². The summed E-state index contributed by atoms with van der Waals surface area (Å²) in [6.45, 7) is 1.96. The Kier molecular flexibility index (Phi) is 3.62. The van der Waals surface area contributed by atoms with E-state index in [9.17, 15) is 4.79 Å². The zero-order valence-corrected chi connectivity index (χ0v) is 12.0. The molecule has 2 heterocycles. The molecule has 0 aliphatic carbocycles. The molecule has 6 heteroatoms. The zero-order valence-electron chi connectivity index (χ0n) is 12.0. The summed E-state index contributed by atoms with van der Waals surface area (Å²) in [6, 6.07) is 7.45. The molecule has 0 saturated heterocycles. The average Bonchev–Trinajstić information content (AvgIpc) is 2.96. The van der Waals surface area contributed by atoms with E-state index in [4.69, 9.17) is 9.26 Å². The van der Waals surface area contributed by atoms with Crippen molar-refractivity contribution in [2.45, 2.75) is 13.0 Å². The minimum Gasteiger partial charge on any atom is -0.479 e. The number of fused-ring (bicyclic) bond motifs is 1. The fourth-order valence-electron chi connectivity index (χ4n) is 2.43. The van der Waals surface area contributed by atoms with Gasteiger partial charge in [0.2, 0.25) is 5.76 Å². The zero-order chi connectivity index (χ0) is 14.8. The first-order valence-corrected chi connectivity index (χ1v) is 6.78. The van der Waals surface area contributed by atoms with E-state index in [2.05, 4.69) is 28.5 Å². The summed E-state index contributed by atoms with van der Waals surface area (Å²) in [5.41, 5.74) is 3.34. The van der Waals surface area contributed by atoms with Crippen LogP contribution in [0.4, 0.5) is 5.69 Å². The van der Waals surface area contributed by atoms with Gasteiger partial charge in [0.25, 0.3) is 11.8 Å². The van der Waals surface area contributed by atoms with Gasteiger partial charge < -0.3 is 19.5 Å². The predicted molar refractivity (Wildman–Crippen MR) is 77.5 cm³/mol. The number of aromatic nitrogens is 1. The molecule has 21 heavy (non-hydrogen) atoms. The molecule has 0 spiro atoms. The molecule has 1 aliphatic rings. The molecular formula is C15H17N3O3. The van der Waals surface area contributed by atoms with E-state index < -0.39 is 0 Å². The lowest BCUT2D eigenvalue weighted by Gasteiger charge is -2.25. The highest BCUT2D eigenvalue weighted by Crippen LogP contribution is 2.22. The summed E-state index contributed by atoms with van der Waals surface area (Å²) >= 11 is 0. The van der Waals surface area contributed by atoms with Crippen molar-refractivity contribution in [3.05, 3.63) is 41.2 Å². The summed E-state index contributed by atoms with van der Waals surface area (Å²) in [5.74, 6) is 0.0730. The third kappa shape index (κ3) is 2.90. The van der Waals surface area contributed by atoms with Crippen LogP contribution >= 0.6 is 0 Å². The monoisotopic (exact) mass is 287 g/mol. The second-order valence-electron chi connectivity index (χ2n) is 5.16. The van der Waals surface area contributed by atoms with E-state index in [0.29, 0.717) is 0 Å². The molecule has 1 N–H and O–H groups in total. The van der Waals surface area contributed by atoms with Crippen LogP contribution in [0, 0.1) is 0 Å². The number of amides is 1. The number of carbonyl (C=O) groups excluding carboxylic acids is 1. The maximum absolute atomic E-state index is 12.1. The molecular weight excluding hydrogens is 270 g/mol. The normalized spacial score (nSPS) is 14.6. The number of hydrogen-bond donors (Lipinski definition) is 1. The minimum atomic E-state index is -0.338. The van der Waals surface area contributed by atoms with Crippen molar-refractivity contribution >= 4 is 11.6 Å². The van der Waals surface area contributed by atoms with Crippen LogP contribution < -0.4 is 10.1 Å². The molecule has 0 unspecified atom stereocenters. The van der Waals surface area contributed by atoms with Crippen molar-refractivity contribution in [3.8, 4) is 5.88 Å². The van der Waals surface area contributed by atoms with Gasteiger partial charge in [-0.1, -0.05) is 6.07 Å². The summed E-state index contributed by atoms with van der Waals surface area (Å²) < 4.78 is 9.81. The topological polar surface area (TPSA) is 67.6 Å². The molecule has 1 aliphatic heterocycles.